The monoisotopic (exact) mass is 470 g/mol. The van der Waals surface area contributed by atoms with Crippen molar-refractivity contribution < 1.29 is 18.7 Å². The molecule has 0 amide bonds. The Hall–Kier alpha value is -3.33. The van der Waals surface area contributed by atoms with E-state index < -0.39 is 0 Å². The van der Waals surface area contributed by atoms with Crippen LogP contribution in [0, 0.1) is 11.7 Å². The second-order valence-electron chi connectivity index (χ2n) is 7.43. The summed E-state index contributed by atoms with van der Waals surface area (Å²) in [6, 6.07) is 15.6. The largest absolute Gasteiger partial charge is 0.497 e. The third-order valence-electron chi connectivity index (χ3n) is 4.77. The van der Waals surface area contributed by atoms with Crippen LogP contribution < -0.4 is 15.4 Å². The molecule has 0 fully saturated rings. The molecule has 3 rings (SSSR count). The summed E-state index contributed by atoms with van der Waals surface area (Å²) in [5.41, 5.74) is 0.589. The topological polar surface area (TPSA) is 85.4 Å². The van der Waals surface area contributed by atoms with Crippen LogP contribution in [0.15, 0.2) is 64.6 Å². The van der Waals surface area contributed by atoms with Crippen LogP contribution in [-0.4, -0.2) is 36.7 Å². The van der Waals surface area contributed by atoms with Gasteiger partial charge in [-0.05, 0) is 66.6 Å². The number of anilines is 3. The molecule has 0 saturated heterocycles. The fourth-order valence-corrected chi connectivity index (χ4v) is 3.71. The first-order valence-electron chi connectivity index (χ1n) is 10.5. The molecule has 7 nitrogen and oxygen atoms in total. The first-order chi connectivity index (χ1) is 15.9. The molecule has 0 aliphatic carbocycles. The Bertz CT molecular complexity index is 1070. The first kappa shape index (κ1) is 24.3. The Kier molecular flexibility index (Phi) is 8.88. The van der Waals surface area contributed by atoms with Gasteiger partial charge < -0.3 is 20.1 Å². The van der Waals surface area contributed by atoms with Crippen LogP contribution >= 0.6 is 11.8 Å². The lowest BCUT2D eigenvalue weighted by Gasteiger charge is -2.14. The van der Waals surface area contributed by atoms with Crippen LogP contribution in [0.1, 0.15) is 19.8 Å². The second kappa shape index (κ2) is 12.1. The minimum atomic E-state index is -0.334. The zero-order valence-electron chi connectivity index (χ0n) is 18.8. The number of hydrogen-bond donors (Lipinski definition) is 2. The van der Waals surface area contributed by atoms with Gasteiger partial charge in [0.05, 0.1) is 14.2 Å². The molecule has 33 heavy (non-hydrogen) atoms. The predicted octanol–water partition coefficient (Wildman–Crippen LogP) is 5.52. The number of nitrogens with zero attached hydrogens (tertiary/aromatic N) is 2. The number of carbonyl (C=O) groups is 1. The highest BCUT2D eigenvalue weighted by atomic mass is 32.2. The molecule has 1 aromatic heterocycles. The molecule has 1 atom stereocenters. The molecule has 3 aromatic rings. The summed E-state index contributed by atoms with van der Waals surface area (Å²) in [5, 5.41) is 6.99. The summed E-state index contributed by atoms with van der Waals surface area (Å²) in [6.45, 7) is 2.68. The number of esters is 1. The second-order valence-corrected chi connectivity index (χ2v) is 8.48. The van der Waals surface area contributed by atoms with Crippen molar-refractivity contribution >= 4 is 35.1 Å². The van der Waals surface area contributed by atoms with Crippen molar-refractivity contribution in [2.24, 2.45) is 5.92 Å². The predicted molar refractivity (Wildman–Crippen MR) is 128 cm³/mol. The highest BCUT2D eigenvalue weighted by Crippen LogP contribution is 2.29. The van der Waals surface area contributed by atoms with Crippen molar-refractivity contribution in [3.63, 3.8) is 0 Å². The number of nitrogens with one attached hydrogen (secondary N) is 2. The Morgan fingerprint density at radius 1 is 1.09 bits per heavy atom. The maximum absolute atomic E-state index is 13.6. The SMILES string of the molecule is COC(=O)CCC(C)CNc1cc(Nc2cccc(F)c2)nc(Sc2ccc(OC)cc2)n1. The maximum atomic E-state index is 13.6. The summed E-state index contributed by atoms with van der Waals surface area (Å²) in [4.78, 5) is 21.5. The molecule has 2 aromatic carbocycles. The van der Waals surface area contributed by atoms with Crippen molar-refractivity contribution in [1.82, 2.24) is 9.97 Å². The van der Waals surface area contributed by atoms with Crippen LogP contribution in [0.3, 0.4) is 0 Å². The molecule has 0 spiro atoms. The lowest BCUT2D eigenvalue weighted by Crippen LogP contribution is -2.14. The van der Waals surface area contributed by atoms with Crippen LogP contribution in [-0.2, 0) is 9.53 Å². The quantitative estimate of drug-likeness (QED) is 0.280. The fraction of sp³-hybridized carbons (Fsp3) is 0.292. The van der Waals surface area contributed by atoms with E-state index in [1.165, 1.54) is 31.0 Å². The van der Waals surface area contributed by atoms with Crippen molar-refractivity contribution in [1.29, 1.82) is 0 Å². The average Bonchev–Trinajstić information content (AvgIpc) is 2.81. The Balaban J connectivity index is 1.76. The molecule has 0 bridgehead atoms. The summed E-state index contributed by atoms with van der Waals surface area (Å²) >= 11 is 1.41. The fourth-order valence-electron chi connectivity index (χ4n) is 2.94. The van der Waals surface area contributed by atoms with Crippen molar-refractivity contribution in [2.75, 3.05) is 31.4 Å². The average molecular weight is 471 g/mol. The van der Waals surface area contributed by atoms with E-state index in [4.69, 9.17) is 9.47 Å². The lowest BCUT2D eigenvalue weighted by molar-refractivity contribution is -0.140. The summed E-state index contributed by atoms with van der Waals surface area (Å²) in [5.74, 6) is 1.62. The van der Waals surface area contributed by atoms with Gasteiger partial charge in [0.25, 0.3) is 0 Å². The van der Waals surface area contributed by atoms with E-state index in [0.29, 0.717) is 41.9 Å². The van der Waals surface area contributed by atoms with Gasteiger partial charge in [-0.3, -0.25) is 4.79 Å². The van der Waals surface area contributed by atoms with Crippen molar-refractivity contribution in [3.8, 4) is 5.75 Å². The van der Waals surface area contributed by atoms with Gasteiger partial charge in [0.2, 0.25) is 0 Å². The minimum Gasteiger partial charge on any atom is -0.497 e. The van der Waals surface area contributed by atoms with Crippen molar-refractivity contribution in [3.05, 3.63) is 60.4 Å². The highest BCUT2D eigenvalue weighted by Gasteiger charge is 2.11. The Morgan fingerprint density at radius 2 is 1.85 bits per heavy atom. The molecule has 0 aliphatic rings. The zero-order valence-corrected chi connectivity index (χ0v) is 19.6. The number of carbonyl (C=O) groups excluding carboxylic acids is 1. The Labute approximate surface area is 197 Å². The molecule has 0 saturated carbocycles. The number of ether oxygens (including phenoxy) is 2. The molecule has 0 aliphatic heterocycles. The van der Waals surface area contributed by atoms with E-state index >= 15 is 0 Å². The van der Waals surface area contributed by atoms with Crippen LogP contribution in [0.25, 0.3) is 0 Å². The molecular weight excluding hydrogens is 443 g/mol. The summed E-state index contributed by atoms with van der Waals surface area (Å²) in [6.07, 6.45) is 1.07. The van der Waals surface area contributed by atoms with Gasteiger partial charge in [-0.25, -0.2) is 14.4 Å². The van der Waals surface area contributed by atoms with Gasteiger partial charge in [-0.15, -0.1) is 0 Å². The standard InChI is InChI=1S/C24H27FN4O3S/c1-16(7-12-23(30)32-3)15-26-21-14-22(27-18-6-4-5-17(25)13-18)29-24(28-21)33-20-10-8-19(31-2)9-11-20/h4-6,8-11,13-14,16H,7,12,15H2,1-3H3,(H2,26,27,28,29). The van der Waals surface area contributed by atoms with E-state index in [-0.39, 0.29) is 17.7 Å². The van der Waals surface area contributed by atoms with E-state index in [9.17, 15) is 9.18 Å². The summed E-state index contributed by atoms with van der Waals surface area (Å²) in [7, 11) is 3.01. The molecule has 1 heterocycles. The molecular formula is C24H27FN4O3S. The van der Waals surface area contributed by atoms with Crippen LogP contribution in [0.5, 0.6) is 5.75 Å². The van der Waals surface area contributed by atoms with Crippen LogP contribution in [0.2, 0.25) is 0 Å². The number of hydrogen-bond acceptors (Lipinski definition) is 8. The van der Waals surface area contributed by atoms with Crippen molar-refractivity contribution in [2.45, 2.75) is 29.8 Å². The number of halogens is 1. The minimum absolute atomic E-state index is 0.219. The molecule has 174 valence electrons. The summed E-state index contributed by atoms with van der Waals surface area (Å²) < 4.78 is 23.5. The third-order valence-corrected chi connectivity index (χ3v) is 5.64. The number of aromatic nitrogens is 2. The number of methoxy groups -OCH3 is 2. The van der Waals surface area contributed by atoms with E-state index in [2.05, 4.69) is 27.5 Å². The molecule has 1 unspecified atom stereocenters. The number of benzene rings is 2. The van der Waals surface area contributed by atoms with Gasteiger partial charge in [-0.2, -0.15) is 0 Å². The lowest BCUT2D eigenvalue weighted by atomic mass is 10.1. The molecule has 0 radical (unpaired) electrons. The maximum Gasteiger partial charge on any atom is 0.305 e. The van der Waals surface area contributed by atoms with Gasteiger partial charge in [0, 0.05) is 29.6 Å². The van der Waals surface area contributed by atoms with Gasteiger partial charge in [0.15, 0.2) is 5.16 Å². The van der Waals surface area contributed by atoms with Gasteiger partial charge in [-0.1, -0.05) is 13.0 Å². The number of rotatable bonds is 11. The van der Waals surface area contributed by atoms with Crippen LogP contribution in [0.4, 0.5) is 21.7 Å². The third kappa shape index (κ3) is 7.94. The molecule has 2 N–H and O–H groups in total. The molecule has 9 heteroatoms. The Morgan fingerprint density at radius 3 is 2.55 bits per heavy atom. The smallest absolute Gasteiger partial charge is 0.305 e. The van der Waals surface area contributed by atoms with E-state index in [0.717, 1.165) is 10.6 Å². The van der Waals surface area contributed by atoms with Gasteiger partial charge in [0.1, 0.15) is 23.2 Å². The highest BCUT2D eigenvalue weighted by molar-refractivity contribution is 7.99. The van der Waals surface area contributed by atoms with E-state index in [1.54, 1.807) is 25.3 Å². The first-order valence-corrected chi connectivity index (χ1v) is 11.3. The zero-order chi connectivity index (χ0) is 23.6. The normalized spacial score (nSPS) is 11.5. The van der Waals surface area contributed by atoms with E-state index in [1.807, 2.05) is 24.3 Å². The van der Waals surface area contributed by atoms with Gasteiger partial charge >= 0.3 is 5.97 Å².